The molecule has 3 N–H and O–H groups in total. The fraction of sp³-hybridized carbons (Fsp3) is 0.562. The molecule has 1 unspecified atom stereocenters. The predicted molar refractivity (Wildman–Crippen MR) is 82.0 cm³/mol. The first-order valence-corrected chi connectivity index (χ1v) is 7.58. The molecule has 1 atom stereocenters. The number of carbonyl (C=O) groups is 1. The average molecular weight is 273 g/mol. The number of rotatable bonds is 2. The molecule has 0 radical (unpaired) electrons. The smallest absolute Gasteiger partial charge is 0.244 e. The van der Waals surface area contributed by atoms with E-state index in [0.29, 0.717) is 6.54 Å². The van der Waals surface area contributed by atoms with E-state index in [1.807, 2.05) is 24.3 Å². The van der Waals surface area contributed by atoms with Gasteiger partial charge in [0, 0.05) is 12.1 Å². The summed E-state index contributed by atoms with van der Waals surface area (Å²) in [5, 5.41) is 9.90. The molecule has 3 rings (SSSR count). The maximum atomic E-state index is 12.5. The van der Waals surface area contributed by atoms with Crippen LogP contribution in [-0.4, -0.2) is 24.0 Å². The number of amides is 1. The summed E-state index contributed by atoms with van der Waals surface area (Å²) in [5.41, 5.74) is 2.06. The summed E-state index contributed by atoms with van der Waals surface area (Å²) in [6, 6.07) is 7.82. The van der Waals surface area contributed by atoms with Gasteiger partial charge in [-0.1, -0.05) is 31.4 Å². The molecule has 1 heterocycles. The summed E-state index contributed by atoms with van der Waals surface area (Å²) in [6.07, 6.45) is 5.92. The Hall–Kier alpha value is -1.71. The van der Waals surface area contributed by atoms with E-state index < -0.39 is 0 Å². The molecule has 4 heteroatoms. The molecule has 4 nitrogen and oxygen atoms in total. The third-order valence-corrected chi connectivity index (χ3v) is 4.45. The lowest BCUT2D eigenvalue weighted by molar-refractivity contribution is -0.123. The third kappa shape index (κ3) is 2.74. The van der Waals surface area contributed by atoms with Gasteiger partial charge in [-0.3, -0.25) is 4.79 Å². The Labute approximate surface area is 120 Å². The van der Waals surface area contributed by atoms with Gasteiger partial charge in [0.05, 0.1) is 11.4 Å². The van der Waals surface area contributed by atoms with Crippen LogP contribution >= 0.6 is 0 Å². The normalized spacial score (nSPS) is 23.9. The Morgan fingerprint density at radius 3 is 2.65 bits per heavy atom. The number of anilines is 2. The molecule has 0 saturated heterocycles. The molecular weight excluding hydrogens is 250 g/mol. The van der Waals surface area contributed by atoms with Crippen molar-refractivity contribution in [3.05, 3.63) is 24.3 Å². The van der Waals surface area contributed by atoms with Crippen LogP contribution in [-0.2, 0) is 4.79 Å². The van der Waals surface area contributed by atoms with Crippen LogP contribution in [0.4, 0.5) is 11.4 Å². The lowest BCUT2D eigenvalue weighted by atomic mass is 9.83. The Balaban J connectivity index is 1.64. The van der Waals surface area contributed by atoms with Crippen LogP contribution in [0.1, 0.15) is 39.0 Å². The van der Waals surface area contributed by atoms with Crippen LogP contribution in [0.2, 0.25) is 0 Å². The number of fused-ring (bicyclic) bond motifs is 1. The van der Waals surface area contributed by atoms with E-state index in [-0.39, 0.29) is 17.5 Å². The maximum Gasteiger partial charge on any atom is 0.244 e. The molecule has 20 heavy (non-hydrogen) atoms. The van der Waals surface area contributed by atoms with Gasteiger partial charge in [0.25, 0.3) is 0 Å². The van der Waals surface area contributed by atoms with Crippen LogP contribution in [0.25, 0.3) is 0 Å². The van der Waals surface area contributed by atoms with Crippen molar-refractivity contribution in [3.63, 3.8) is 0 Å². The van der Waals surface area contributed by atoms with Crippen molar-refractivity contribution in [2.75, 3.05) is 17.2 Å². The zero-order valence-electron chi connectivity index (χ0n) is 12.0. The lowest BCUT2D eigenvalue weighted by Crippen LogP contribution is -2.54. The van der Waals surface area contributed by atoms with E-state index in [9.17, 15) is 4.79 Å². The van der Waals surface area contributed by atoms with Gasteiger partial charge in [-0.05, 0) is 31.9 Å². The highest BCUT2D eigenvalue weighted by Crippen LogP contribution is 2.29. The lowest BCUT2D eigenvalue weighted by Gasteiger charge is -2.37. The molecule has 1 saturated carbocycles. The first-order chi connectivity index (χ1) is 9.66. The number of benzene rings is 1. The molecule has 2 aliphatic rings. The minimum Gasteiger partial charge on any atom is -0.381 e. The molecule has 1 amide bonds. The van der Waals surface area contributed by atoms with E-state index in [0.717, 1.165) is 24.2 Å². The predicted octanol–water partition coefficient (Wildman–Crippen LogP) is 2.73. The molecule has 1 aliphatic heterocycles. The van der Waals surface area contributed by atoms with Crippen molar-refractivity contribution >= 4 is 17.3 Å². The summed E-state index contributed by atoms with van der Waals surface area (Å²) >= 11 is 0. The fourth-order valence-corrected chi connectivity index (χ4v) is 3.21. The minimum absolute atomic E-state index is 0.0199. The van der Waals surface area contributed by atoms with Gasteiger partial charge in [-0.25, -0.2) is 0 Å². The van der Waals surface area contributed by atoms with E-state index in [1.165, 1.54) is 19.3 Å². The number of carbonyl (C=O) groups excluding carboxylic acids is 1. The Kier molecular flexibility index (Phi) is 3.55. The second-order valence-corrected chi connectivity index (χ2v) is 6.23. The summed E-state index contributed by atoms with van der Waals surface area (Å²) < 4.78 is 0. The summed E-state index contributed by atoms with van der Waals surface area (Å²) in [5.74, 6) is 0.108. The Morgan fingerprint density at radius 1 is 1.20 bits per heavy atom. The van der Waals surface area contributed by atoms with Crippen LogP contribution in [0.15, 0.2) is 24.3 Å². The third-order valence-electron chi connectivity index (χ3n) is 4.45. The van der Waals surface area contributed by atoms with Crippen LogP contribution in [0.5, 0.6) is 0 Å². The molecule has 1 aliphatic carbocycles. The zero-order chi connectivity index (χ0) is 14.0. The van der Waals surface area contributed by atoms with Crippen LogP contribution in [0.3, 0.4) is 0 Å². The minimum atomic E-state index is -0.191. The number of hydrogen-bond acceptors (Lipinski definition) is 3. The summed E-state index contributed by atoms with van der Waals surface area (Å²) in [7, 11) is 0. The average Bonchev–Trinajstić information content (AvgIpc) is 2.47. The second-order valence-electron chi connectivity index (χ2n) is 6.23. The molecule has 0 spiro atoms. The van der Waals surface area contributed by atoms with Crippen molar-refractivity contribution in [1.29, 1.82) is 0 Å². The van der Waals surface area contributed by atoms with Gasteiger partial charge >= 0.3 is 0 Å². The van der Waals surface area contributed by atoms with E-state index >= 15 is 0 Å². The van der Waals surface area contributed by atoms with Gasteiger partial charge in [0.1, 0.15) is 6.04 Å². The highest BCUT2D eigenvalue weighted by atomic mass is 16.2. The van der Waals surface area contributed by atoms with Crippen molar-refractivity contribution < 1.29 is 4.79 Å². The highest BCUT2D eigenvalue weighted by molar-refractivity contribution is 5.89. The van der Waals surface area contributed by atoms with Gasteiger partial charge in [-0.2, -0.15) is 0 Å². The zero-order valence-corrected chi connectivity index (χ0v) is 12.0. The molecule has 0 bridgehead atoms. The van der Waals surface area contributed by atoms with Gasteiger partial charge in [0.15, 0.2) is 0 Å². The molecule has 0 aromatic heterocycles. The SMILES string of the molecule is CC1(NC(=O)C2CNc3ccccc3N2)CCCCC1. The molecular formula is C16H23N3O. The van der Waals surface area contributed by atoms with Gasteiger partial charge in [0.2, 0.25) is 5.91 Å². The highest BCUT2D eigenvalue weighted by Gasteiger charge is 2.32. The van der Waals surface area contributed by atoms with Crippen molar-refractivity contribution in [1.82, 2.24) is 5.32 Å². The Morgan fingerprint density at radius 2 is 1.90 bits per heavy atom. The number of hydrogen-bond donors (Lipinski definition) is 3. The molecule has 1 aromatic carbocycles. The van der Waals surface area contributed by atoms with Crippen molar-refractivity contribution in [3.8, 4) is 0 Å². The van der Waals surface area contributed by atoms with Gasteiger partial charge in [-0.15, -0.1) is 0 Å². The Bertz CT molecular complexity index is 494. The largest absolute Gasteiger partial charge is 0.381 e. The van der Waals surface area contributed by atoms with E-state index in [4.69, 9.17) is 0 Å². The fourth-order valence-electron chi connectivity index (χ4n) is 3.21. The second kappa shape index (κ2) is 5.35. The van der Waals surface area contributed by atoms with Crippen LogP contribution < -0.4 is 16.0 Å². The molecule has 108 valence electrons. The van der Waals surface area contributed by atoms with Crippen molar-refractivity contribution in [2.24, 2.45) is 0 Å². The van der Waals surface area contributed by atoms with Crippen molar-refractivity contribution in [2.45, 2.75) is 50.6 Å². The molecule has 1 fully saturated rings. The van der Waals surface area contributed by atoms with E-state index in [1.54, 1.807) is 0 Å². The monoisotopic (exact) mass is 273 g/mol. The standard InChI is InChI=1S/C16H23N3O/c1-16(9-5-2-6-10-16)19-15(20)14-11-17-12-7-3-4-8-13(12)18-14/h3-4,7-8,14,17-18H,2,5-6,9-11H2,1H3,(H,19,20). The molecule has 1 aromatic rings. The first-order valence-electron chi connectivity index (χ1n) is 7.58. The quantitative estimate of drug-likeness (QED) is 0.776. The number of para-hydroxylation sites is 2. The summed E-state index contributed by atoms with van der Waals surface area (Å²) in [4.78, 5) is 12.5. The number of nitrogens with one attached hydrogen (secondary N) is 3. The first kappa shape index (κ1) is 13.3. The maximum absolute atomic E-state index is 12.5. The summed E-state index contributed by atoms with van der Waals surface area (Å²) in [6.45, 7) is 2.81. The van der Waals surface area contributed by atoms with Gasteiger partial charge < -0.3 is 16.0 Å². The topological polar surface area (TPSA) is 53.2 Å². The van der Waals surface area contributed by atoms with Crippen LogP contribution in [0, 0.1) is 0 Å². The van der Waals surface area contributed by atoms with E-state index in [2.05, 4.69) is 22.9 Å².